The number of hydrogen-bond donors (Lipinski definition) is 0. The molecule has 0 radical (unpaired) electrons. The SMILES string of the molecule is COC(=O)C(c1ccccc1)n1cc(C=O)c2cc(Br)ccc21. The molecular formula is C18H14BrNO3. The summed E-state index contributed by atoms with van der Waals surface area (Å²) in [4.78, 5) is 23.8. The van der Waals surface area contributed by atoms with E-state index in [1.54, 1.807) is 10.8 Å². The third-order valence-electron chi connectivity index (χ3n) is 3.77. The lowest BCUT2D eigenvalue weighted by Gasteiger charge is -2.18. The number of halogens is 1. The molecule has 4 nitrogen and oxygen atoms in total. The second-order valence-electron chi connectivity index (χ2n) is 5.11. The molecule has 0 saturated heterocycles. The van der Waals surface area contributed by atoms with Gasteiger partial charge in [0.25, 0.3) is 0 Å². The molecule has 23 heavy (non-hydrogen) atoms. The highest BCUT2D eigenvalue weighted by atomic mass is 79.9. The van der Waals surface area contributed by atoms with E-state index in [9.17, 15) is 9.59 Å². The van der Waals surface area contributed by atoms with E-state index in [-0.39, 0.29) is 5.97 Å². The van der Waals surface area contributed by atoms with Gasteiger partial charge in [-0.2, -0.15) is 0 Å². The van der Waals surface area contributed by atoms with Gasteiger partial charge in [-0.15, -0.1) is 0 Å². The van der Waals surface area contributed by atoms with Crippen LogP contribution in [0.3, 0.4) is 0 Å². The van der Waals surface area contributed by atoms with Gasteiger partial charge in [-0.3, -0.25) is 4.79 Å². The second kappa shape index (κ2) is 6.38. The van der Waals surface area contributed by atoms with E-state index in [1.807, 2.05) is 48.5 Å². The van der Waals surface area contributed by atoms with E-state index in [0.29, 0.717) is 5.56 Å². The van der Waals surface area contributed by atoms with Crippen LogP contribution in [0.1, 0.15) is 22.0 Å². The molecule has 1 aromatic heterocycles. The third kappa shape index (κ3) is 2.80. The van der Waals surface area contributed by atoms with Crippen LogP contribution in [0.2, 0.25) is 0 Å². The van der Waals surface area contributed by atoms with Crippen molar-refractivity contribution in [2.24, 2.45) is 0 Å². The summed E-state index contributed by atoms with van der Waals surface area (Å²) in [6.07, 6.45) is 2.49. The fourth-order valence-corrected chi connectivity index (χ4v) is 3.08. The van der Waals surface area contributed by atoms with E-state index in [2.05, 4.69) is 15.9 Å². The van der Waals surface area contributed by atoms with Crippen LogP contribution in [0.5, 0.6) is 0 Å². The van der Waals surface area contributed by atoms with Crippen molar-refractivity contribution < 1.29 is 14.3 Å². The lowest BCUT2D eigenvalue weighted by molar-refractivity contribution is -0.143. The average Bonchev–Trinajstić information content (AvgIpc) is 2.93. The van der Waals surface area contributed by atoms with Gasteiger partial charge in [-0.25, -0.2) is 4.79 Å². The van der Waals surface area contributed by atoms with Crippen LogP contribution in [0.4, 0.5) is 0 Å². The first-order chi connectivity index (χ1) is 11.2. The van der Waals surface area contributed by atoms with E-state index in [0.717, 1.165) is 27.2 Å². The molecule has 116 valence electrons. The lowest BCUT2D eigenvalue weighted by atomic mass is 10.1. The van der Waals surface area contributed by atoms with E-state index < -0.39 is 6.04 Å². The molecular weight excluding hydrogens is 358 g/mol. The first-order valence-electron chi connectivity index (χ1n) is 7.03. The molecule has 0 spiro atoms. The minimum absolute atomic E-state index is 0.381. The normalized spacial score (nSPS) is 12.1. The summed E-state index contributed by atoms with van der Waals surface area (Å²) in [7, 11) is 1.36. The minimum atomic E-state index is -0.640. The van der Waals surface area contributed by atoms with Crippen LogP contribution in [-0.4, -0.2) is 23.9 Å². The Bertz CT molecular complexity index is 871. The molecule has 0 bridgehead atoms. The Hall–Kier alpha value is -2.40. The highest BCUT2D eigenvalue weighted by Gasteiger charge is 2.25. The Kier molecular flexibility index (Phi) is 4.30. The summed E-state index contributed by atoms with van der Waals surface area (Å²) in [5, 5.41) is 0.791. The molecule has 0 aliphatic rings. The predicted molar refractivity (Wildman–Crippen MR) is 91.6 cm³/mol. The summed E-state index contributed by atoms with van der Waals surface area (Å²) in [6.45, 7) is 0. The molecule has 3 rings (SSSR count). The molecule has 0 amide bonds. The summed E-state index contributed by atoms with van der Waals surface area (Å²) >= 11 is 3.41. The molecule has 1 unspecified atom stereocenters. The number of methoxy groups -OCH3 is 1. The van der Waals surface area contributed by atoms with Gasteiger partial charge in [0.05, 0.1) is 7.11 Å². The zero-order valence-corrected chi connectivity index (χ0v) is 14.0. The van der Waals surface area contributed by atoms with Crippen LogP contribution >= 0.6 is 15.9 Å². The van der Waals surface area contributed by atoms with Gasteiger partial charge >= 0.3 is 5.97 Å². The van der Waals surface area contributed by atoms with Crippen molar-refractivity contribution in [2.75, 3.05) is 7.11 Å². The number of aromatic nitrogens is 1. The molecule has 0 fully saturated rings. The van der Waals surface area contributed by atoms with Gasteiger partial charge < -0.3 is 9.30 Å². The number of rotatable bonds is 4. The number of benzene rings is 2. The van der Waals surface area contributed by atoms with Crippen molar-refractivity contribution in [1.82, 2.24) is 4.57 Å². The standard InChI is InChI=1S/C18H14BrNO3/c1-23-18(22)17(12-5-3-2-4-6-12)20-10-13(11-21)15-9-14(19)7-8-16(15)20/h2-11,17H,1H3. The molecule has 1 heterocycles. The van der Waals surface area contributed by atoms with Gasteiger partial charge in [-0.05, 0) is 23.8 Å². The Morgan fingerprint density at radius 2 is 1.96 bits per heavy atom. The Labute approximate surface area is 141 Å². The van der Waals surface area contributed by atoms with Crippen molar-refractivity contribution in [2.45, 2.75) is 6.04 Å². The fraction of sp³-hybridized carbons (Fsp3) is 0.111. The summed E-state index contributed by atoms with van der Waals surface area (Å²) in [5.41, 5.74) is 2.14. The predicted octanol–water partition coefficient (Wildman–Crippen LogP) is 3.98. The highest BCUT2D eigenvalue weighted by molar-refractivity contribution is 9.10. The van der Waals surface area contributed by atoms with Crippen molar-refractivity contribution >= 4 is 39.1 Å². The van der Waals surface area contributed by atoms with Crippen molar-refractivity contribution in [3.05, 3.63) is 70.3 Å². The van der Waals surface area contributed by atoms with Gasteiger partial charge in [0.1, 0.15) is 0 Å². The smallest absolute Gasteiger partial charge is 0.333 e. The maximum Gasteiger partial charge on any atom is 0.333 e. The van der Waals surface area contributed by atoms with E-state index in [1.165, 1.54) is 7.11 Å². The van der Waals surface area contributed by atoms with Crippen LogP contribution in [0, 0.1) is 0 Å². The van der Waals surface area contributed by atoms with Crippen molar-refractivity contribution in [1.29, 1.82) is 0 Å². The third-order valence-corrected chi connectivity index (χ3v) is 4.26. The number of nitrogens with zero attached hydrogens (tertiary/aromatic N) is 1. The van der Waals surface area contributed by atoms with Gasteiger partial charge in [0.15, 0.2) is 12.3 Å². The lowest BCUT2D eigenvalue weighted by Crippen LogP contribution is -2.21. The molecule has 0 N–H and O–H groups in total. The number of hydrogen-bond acceptors (Lipinski definition) is 3. The largest absolute Gasteiger partial charge is 0.467 e. The molecule has 0 aliphatic heterocycles. The van der Waals surface area contributed by atoms with Crippen LogP contribution in [0.15, 0.2) is 59.2 Å². The maximum atomic E-state index is 12.4. The topological polar surface area (TPSA) is 48.3 Å². The number of ether oxygens (including phenoxy) is 1. The van der Waals surface area contributed by atoms with Gasteiger partial charge in [0.2, 0.25) is 0 Å². The van der Waals surface area contributed by atoms with Gasteiger partial charge in [-0.1, -0.05) is 46.3 Å². The number of carbonyl (C=O) groups excluding carboxylic acids is 2. The first-order valence-corrected chi connectivity index (χ1v) is 7.83. The van der Waals surface area contributed by atoms with Crippen LogP contribution in [-0.2, 0) is 9.53 Å². The van der Waals surface area contributed by atoms with Crippen molar-refractivity contribution in [3.63, 3.8) is 0 Å². The van der Waals surface area contributed by atoms with Gasteiger partial charge in [0, 0.05) is 27.1 Å². The van der Waals surface area contributed by atoms with E-state index in [4.69, 9.17) is 4.74 Å². The number of aldehydes is 1. The number of esters is 1. The second-order valence-corrected chi connectivity index (χ2v) is 6.02. The van der Waals surface area contributed by atoms with Crippen LogP contribution in [0.25, 0.3) is 10.9 Å². The highest BCUT2D eigenvalue weighted by Crippen LogP contribution is 2.30. The fourth-order valence-electron chi connectivity index (χ4n) is 2.72. The molecule has 3 aromatic rings. The summed E-state index contributed by atoms with van der Waals surface area (Å²) in [6, 6.07) is 14.4. The summed E-state index contributed by atoms with van der Waals surface area (Å²) < 4.78 is 7.64. The molecule has 2 aromatic carbocycles. The Balaban J connectivity index is 2.27. The zero-order chi connectivity index (χ0) is 16.4. The molecule has 1 atom stereocenters. The van der Waals surface area contributed by atoms with Crippen molar-refractivity contribution in [3.8, 4) is 0 Å². The monoisotopic (exact) mass is 371 g/mol. The minimum Gasteiger partial charge on any atom is -0.467 e. The maximum absolute atomic E-state index is 12.4. The zero-order valence-electron chi connectivity index (χ0n) is 12.4. The number of fused-ring (bicyclic) bond motifs is 1. The van der Waals surface area contributed by atoms with E-state index >= 15 is 0 Å². The Morgan fingerprint density at radius 1 is 1.22 bits per heavy atom. The first kappa shape index (κ1) is 15.5. The summed E-state index contributed by atoms with van der Waals surface area (Å²) in [5.74, 6) is -0.381. The molecule has 0 saturated carbocycles. The van der Waals surface area contributed by atoms with Crippen LogP contribution < -0.4 is 0 Å². The quantitative estimate of drug-likeness (QED) is 0.514. The molecule has 0 aliphatic carbocycles. The molecule has 5 heteroatoms. The number of carbonyl (C=O) groups is 2. The average molecular weight is 372 g/mol. The Morgan fingerprint density at radius 3 is 2.61 bits per heavy atom.